The van der Waals surface area contributed by atoms with Crippen LogP contribution in [0.4, 0.5) is 4.39 Å². The summed E-state index contributed by atoms with van der Waals surface area (Å²) >= 11 is 4.82. The van der Waals surface area contributed by atoms with Gasteiger partial charge < -0.3 is 10.6 Å². The second-order valence-corrected chi connectivity index (χ2v) is 5.25. The van der Waals surface area contributed by atoms with Crippen LogP contribution in [-0.2, 0) is 6.54 Å². The summed E-state index contributed by atoms with van der Waals surface area (Å²) in [4.78, 5) is 2.40. The molecule has 0 bridgehead atoms. The summed E-state index contributed by atoms with van der Waals surface area (Å²) < 4.78 is 13.8. The van der Waals surface area contributed by atoms with Crippen molar-refractivity contribution in [2.75, 3.05) is 13.6 Å². The van der Waals surface area contributed by atoms with Crippen LogP contribution in [0.1, 0.15) is 24.0 Å². The molecule has 0 aromatic heterocycles. The maximum Gasteiger partial charge on any atom is 0.128 e. The lowest BCUT2D eigenvalue weighted by molar-refractivity contribution is 0.308. The van der Waals surface area contributed by atoms with Crippen LogP contribution in [0.5, 0.6) is 0 Å². The molecule has 1 aromatic rings. The van der Waals surface area contributed by atoms with E-state index in [0.717, 1.165) is 12.5 Å². The highest BCUT2D eigenvalue weighted by Crippen LogP contribution is 2.29. The molecule has 0 unspecified atom stereocenters. The monoisotopic (exact) mass is 252 g/mol. The molecule has 0 heterocycles. The van der Waals surface area contributed by atoms with Gasteiger partial charge in [-0.25, -0.2) is 4.39 Å². The zero-order valence-corrected chi connectivity index (χ0v) is 10.8. The van der Waals surface area contributed by atoms with E-state index in [4.69, 9.17) is 18.0 Å². The fourth-order valence-electron chi connectivity index (χ4n) is 1.93. The van der Waals surface area contributed by atoms with E-state index in [2.05, 4.69) is 4.90 Å². The molecule has 92 valence electrons. The first kappa shape index (κ1) is 12.5. The first-order valence-electron chi connectivity index (χ1n) is 5.83. The highest BCUT2D eigenvalue weighted by atomic mass is 32.1. The second kappa shape index (κ2) is 5.10. The third kappa shape index (κ3) is 3.48. The zero-order chi connectivity index (χ0) is 12.4. The summed E-state index contributed by atoms with van der Waals surface area (Å²) in [5.74, 6) is 0.594. The maximum atomic E-state index is 13.8. The Hall–Kier alpha value is -1.00. The van der Waals surface area contributed by atoms with E-state index in [1.54, 1.807) is 12.1 Å². The number of hydrogen-bond donors (Lipinski definition) is 1. The maximum absolute atomic E-state index is 13.8. The van der Waals surface area contributed by atoms with Crippen LogP contribution in [0.25, 0.3) is 0 Å². The summed E-state index contributed by atoms with van der Waals surface area (Å²) in [6.07, 6.45) is 2.63. The molecule has 0 radical (unpaired) electrons. The molecule has 1 saturated carbocycles. The lowest BCUT2D eigenvalue weighted by Gasteiger charge is -2.16. The number of nitrogens with zero attached hydrogens (tertiary/aromatic N) is 1. The van der Waals surface area contributed by atoms with Crippen molar-refractivity contribution in [1.82, 2.24) is 4.90 Å². The number of benzene rings is 1. The highest BCUT2D eigenvalue weighted by molar-refractivity contribution is 7.80. The molecule has 0 aliphatic heterocycles. The normalized spacial score (nSPS) is 15.2. The van der Waals surface area contributed by atoms with E-state index in [1.807, 2.05) is 7.05 Å². The van der Waals surface area contributed by atoms with Crippen LogP contribution in [-0.4, -0.2) is 23.5 Å². The molecule has 2 N–H and O–H groups in total. The SMILES string of the molecule is CN(Cc1ccc(C(N)=S)cc1F)CC1CC1. The molecular formula is C13H17FN2S. The van der Waals surface area contributed by atoms with Gasteiger partial charge in [-0.2, -0.15) is 0 Å². The van der Waals surface area contributed by atoms with Crippen LogP contribution >= 0.6 is 12.2 Å². The number of thiocarbonyl (C=S) groups is 1. The Kier molecular flexibility index (Phi) is 3.74. The molecule has 0 spiro atoms. The standard InChI is InChI=1S/C13H17FN2S/c1-16(7-9-2-3-9)8-11-5-4-10(13(15)17)6-12(11)14/h4-6,9H,2-3,7-8H2,1H3,(H2,15,17). The summed E-state index contributed by atoms with van der Waals surface area (Å²) in [5.41, 5.74) is 6.75. The van der Waals surface area contributed by atoms with Gasteiger partial charge in [0.05, 0.1) is 0 Å². The van der Waals surface area contributed by atoms with Gasteiger partial charge >= 0.3 is 0 Å². The lowest BCUT2D eigenvalue weighted by atomic mass is 10.1. The number of nitrogens with two attached hydrogens (primary N) is 1. The molecular weight excluding hydrogens is 235 g/mol. The Bertz CT molecular complexity index is 429. The predicted octanol–water partition coefficient (Wildman–Crippen LogP) is 2.30. The first-order valence-corrected chi connectivity index (χ1v) is 6.24. The van der Waals surface area contributed by atoms with Gasteiger partial charge in [0.2, 0.25) is 0 Å². The molecule has 1 aliphatic carbocycles. The van der Waals surface area contributed by atoms with E-state index >= 15 is 0 Å². The minimum atomic E-state index is -0.224. The minimum Gasteiger partial charge on any atom is -0.389 e. The lowest BCUT2D eigenvalue weighted by Crippen LogP contribution is -2.21. The minimum absolute atomic E-state index is 0.224. The van der Waals surface area contributed by atoms with Crippen LogP contribution in [0.15, 0.2) is 18.2 Å². The summed E-state index contributed by atoms with van der Waals surface area (Å²) in [6, 6.07) is 4.97. The number of rotatable bonds is 5. The van der Waals surface area contributed by atoms with Crippen molar-refractivity contribution in [3.63, 3.8) is 0 Å². The fourth-order valence-corrected chi connectivity index (χ4v) is 2.05. The Labute approximate surface area is 107 Å². The molecule has 1 fully saturated rings. The van der Waals surface area contributed by atoms with Gasteiger partial charge in [0.15, 0.2) is 0 Å². The molecule has 0 saturated heterocycles. The van der Waals surface area contributed by atoms with E-state index in [1.165, 1.54) is 18.9 Å². The van der Waals surface area contributed by atoms with Crippen molar-refractivity contribution in [3.05, 3.63) is 35.1 Å². The Balaban J connectivity index is 2.02. The van der Waals surface area contributed by atoms with Gasteiger partial charge in [0.25, 0.3) is 0 Å². The summed E-state index contributed by atoms with van der Waals surface area (Å²) in [5, 5.41) is 0. The fraction of sp³-hybridized carbons (Fsp3) is 0.462. The van der Waals surface area contributed by atoms with Crippen LogP contribution in [0.2, 0.25) is 0 Å². The average molecular weight is 252 g/mol. The highest BCUT2D eigenvalue weighted by Gasteiger charge is 2.23. The van der Waals surface area contributed by atoms with E-state index in [-0.39, 0.29) is 10.8 Å². The quantitative estimate of drug-likeness (QED) is 0.815. The largest absolute Gasteiger partial charge is 0.389 e. The summed E-state index contributed by atoms with van der Waals surface area (Å²) in [6.45, 7) is 1.69. The van der Waals surface area contributed by atoms with Gasteiger partial charge in [-0.3, -0.25) is 0 Å². The first-order chi connectivity index (χ1) is 8.06. The van der Waals surface area contributed by atoms with Crippen LogP contribution in [0, 0.1) is 11.7 Å². The van der Waals surface area contributed by atoms with Gasteiger partial charge in [0, 0.05) is 24.2 Å². The predicted molar refractivity (Wildman–Crippen MR) is 71.3 cm³/mol. The Morgan fingerprint density at radius 2 is 2.24 bits per heavy atom. The molecule has 1 aromatic carbocycles. The second-order valence-electron chi connectivity index (χ2n) is 4.81. The Morgan fingerprint density at radius 3 is 2.76 bits per heavy atom. The Morgan fingerprint density at radius 1 is 1.53 bits per heavy atom. The third-order valence-corrected chi connectivity index (χ3v) is 3.28. The van der Waals surface area contributed by atoms with E-state index in [9.17, 15) is 4.39 Å². The van der Waals surface area contributed by atoms with Crippen molar-refractivity contribution in [2.45, 2.75) is 19.4 Å². The summed E-state index contributed by atoms with van der Waals surface area (Å²) in [7, 11) is 2.03. The van der Waals surface area contributed by atoms with Crippen molar-refractivity contribution in [3.8, 4) is 0 Å². The van der Waals surface area contributed by atoms with Crippen molar-refractivity contribution in [2.24, 2.45) is 11.7 Å². The molecule has 17 heavy (non-hydrogen) atoms. The smallest absolute Gasteiger partial charge is 0.128 e. The molecule has 4 heteroatoms. The molecule has 0 atom stereocenters. The van der Waals surface area contributed by atoms with Crippen molar-refractivity contribution >= 4 is 17.2 Å². The number of halogens is 1. The van der Waals surface area contributed by atoms with Crippen molar-refractivity contribution < 1.29 is 4.39 Å². The molecule has 1 aliphatic rings. The van der Waals surface area contributed by atoms with E-state index < -0.39 is 0 Å². The zero-order valence-electron chi connectivity index (χ0n) is 9.95. The van der Waals surface area contributed by atoms with Crippen LogP contribution < -0.4 is 5.73 Å². The average Bonchev–Trinajstić information content (AvgIpc) is 3.04. The van der Waals surface area contributed by atoms with Gasteiger partial charge in [-0.05, 0) is 31.9 Å². The number of hydrogen-bond acceptors (Lipinski definition) is 2. The molecule has 2 nitrogen and oxygen atoms in total. The van der Waals surface area contributed by atoms with Crippen molar-refractivity contribution in [1.29, 1.82) is 0 Å². The molecule has 0 amide bonds. The third-order valence-electron chi connectivity index (χ3n) is 3.04. The van der Waals surface area contributed by atoms with Crippen LogP contribution in [0.3, 0.4) is 0 Å². The van der Waals surface area contributed by atoms with E-state index in [0.29, 0.717) is 17.7 Å². The van der Waals surface area contributed by atoms with Gasteiger partial charge in [-0.15, -0.1) is 0 Å². The molecule has 2 rings (SSSR count). The topological polar surface area (TPSA) is 29.3 Å². The van der Waals surface area contributed by atoms with Gasteiger partial charge in [-0.1, -0.05) is 24.4 Å². The van der Waals surface area contributed by atoms with Gasteiger partial charge in [0.1, 0.15) is 10.8 Å².